The van der Waals surface area contributed by atoms with Gasteiger partial charge in [0, 0.05) is 31.4 Å². The summed E-state index contributed by atoms with van der Waals surface area (Å²) in [6.07, 6.45) is 5.01. The highest BCUT2D eigenvalue weighted by Crippen LogP contribution is 2.38. The van der Waals surface area contributed by atoms with Crippen LogP contribution in [0.2, 0.25) is 0 Å². The highest BCUT2D eigenvalue weighted by Gasteiger charge is 2.42. The molecule has 2 aromatic heterocycles. The second-order valence-electron chi connectivity index (χ2n) is 10.7. The Morgan fingerprint density at radius 2 is 1.90 bits per heavy atom. The summed E-state index contributed by atoms with van der Waals surface area (Å²) in [5.74, 6) is -0.673. The molecule has 9 heteroatoms. The summed E-state index contributed by atoms with van der Waals surface area (Å²) in [7, 11) is 1.68. The number of fused-ring (bicyclic) bond motifs is 2. The molecule has 5 rings (SSSR count). The Morgan fingerprint density at radius 1 is 1.10 bits per heavy atom. The number of aromatic nitrogens is 3. The van der Waals surface area contributed by atoms with E-state index >= 15 is 0 Å². The monoisotopic (exact) mass is 538 g/mol. The van der Waals surface area contributed by atoms with Gasteiger partial charge in [-0.25, -0.2) is 0 Å². The molecular weight excluding hydrogens is 504 g/mol. The molecule has 2 N–H and O–H groups in total. The van der Waals surface area contributed by atoms with Crippen molar-refractivity contribution in [2.24, 2.45) is 5.41 Å². The summed E-state index contributed by atoms with van der Waals surface area (Å²) in [6.45, 7) is 5.78. The first-order valence-corrected chi connectivity index (χ1v) is 13.5. The van der Waals surface area contributed by atoms with Crippen molar-refractivity contribution in [2.45, 2.75) is 46.1 Å². The van der Waals surface area contributed by atoms with E-state index in [-0.39, 0.29) is 30.2 Å². The lowest BCUT2D eigenvalue weighted by Crippen LogP contribution is -2.43. The second-order valence-corrected chi connectivity index (χ2v) is 10.7. The van der Waals surface area contributed by atoms with Gasteiger partial charge in [0.1, 0.15) is 5.41 Å². The Balaban J connectivity index is 1.49. The number of para-hydroxylation sites is 1. The van der Waals surface area contributed by atoms with Crippen LogP contribution in [0.3, 0.4) is 0 Å². The van der Waals surface area contributed by atoms with Gasteiger partial charge in [0.05, 0.1) is 35.0 Å². The number of nitrogens with one attached hydrogen (secondary N) is 2. The fourth-order valence-electron chi connectivity index (χ4n) is 5.33. The van der Waals surface area contributed by atoms with E-state index in [4.69, 9.17) is 0 Å². The van der Waals surface area contributed by atoms with Crippen LogP contribution in [-0.4, -0.2) is 51.4 Å². The molecule has 4 aromatic rings. The number of aromatic amines is 1. The molecule has 0 fully saturated rings. The number of hydrogen-bond donors (Lipinski definition) is 2. The lowest BCUT2D eigenvalue weighted by Gasteiger charge is -2.33. The minimum atomic E-state index is -1.20. The highest BCUT2D eigenvalue weighted by molar-refractivity contribution is 6.19. The molecule has 1 aliphatic rings. The van der Waals surface area contributed by atoms with Crippen molar-refractivity contribution in [2.75, 3.05) is 23.8 Å². The van der Waals surface area contributed by atoms with E-state index in [1.165, 1.54) is 4.90 Å². The van der Waals surface area contributed by atoms with Crippen LogP contribution >= 0.6 is 0 Å². The molecule has 3 amide bonds. The van der Waals surface area contributed by atoms with E-state index in [9.17, 15) is 14.4 Å². The van der Waals surface area contributed by atoms with E-state index < -0.39 is 5.41 Å². The Kier molecular flexibility index (Phi) is 7.38. The molecule has 2 aromatic carbocycles. The third-order valence-corrected chi connectivity index (χ3v) is 7.74. The standard InChI is InChI=1S/C31H34N6O3/c1-5-26(21-12-13-24-27(17-21)36(4)30(40)31(2,3)29(39)33-24)37(16-14-20-9-8-15-32-19-20)28(38)18-25-22-10-6-7-11-23(22)34-35-25/h6-13,15,17,19,26H,5,14,16,18H2,1-4H3,(H,33,39)(H,34,35). The Bertz CT molecular complexity index is 1560. The zero-order chi connectivity index (χ0) is 28.4. The molecule has 1 unspecified atom stereocenters. The van der Waals surface area contributed by atoms with Gasteiger partial charge in [-0.2, -0.15) is 5.10 Å². The molecule has 206 valence electrons. The Hall–Kier alpha value is -4.53. The van der Waals surface area contributed by atoms with Gasteiger partial charge in [-0.15, -0.1) is 0 Å². The molecule has 3 heterocycles. The first-order valence-electron chi connectivity index (χ1n) is 13.5. The van der Waals surface area contributed by atoms with Crippen LogP contribution in [0.1, 0.15) is 50.1 Å². The number of rotatable bonds is 8. The smallest absolute Gasteiger partial charge is 0.241 e. The van der Waals surface area contributed by atoms with Gasteiger partial charge in [-0.05, 0) is 62.1 Å². The van der Waals surface area contributed by atoms with E-state index in [1.54, 1.807) is 27.1 Å². The molecule has 0 aliphatic carbocycles. The van der Waals surface area contributed by atoms with E-state index in [1.807, 2.05) is 72.6 Å². The van der Waals surface area contributed by atoms with Crippen LogP contribution in [0.15, 0.2) is 67.0 Å². The Labute approximate surface area is 233 Å². The van der Waals surface area contributed by atoms with Crippen LogP contribution < -0.4 is 10.2 Å². The summed E-state index contributed by atoms with van der Waals surface area (Å²) in [6, 6.07) is 17.1. The van der Waals surface area contributed by atoms with Gasteiger partial charge < -0.3 is 15.1 Å². The minimum absolute atomic E-state index is 0.0400. The van der Waals surface area contributed by atoms with Crippen molar-refractivity contribution >= 4 is 40.0 Å². The van der Waals surface area contributed by atoms with Crippen molar-refractivity contribution in [1.29, 1.82) is 0 Å². The predicted octanol–water partition coefficient (Wildman–Crippen LogP) is 4.66. The maximum Gasteiger partial charge on any atom is 0.241 e. The summed E-state index contributed by atoms with van der Waals surface area (Å²) < 4.78 is 0. The van der Waals surface area contributed by atoms with Crippen LogP contribution in [0, 0.1) is 5.41 Å². The molecule has 40 heavy (non-hydrogen) atoms. The second kappa shape index (κ2) is 10.9. The number of nitrogens with zero attached hydrogens (tertiary/aromatic N) is 4. The maximum absolute atomic E-state index is 14.0. The van der Waals surface area contributed by atoms with Crippen molar-refractivity contribution in [3.63, 3.8) is 0 Å². The number of carbonyl (C=O) groups is 3. The van der Waals surface area contributed by atoms with Crippen molar-refractivity contribution in [3.05, 3.63) is 83.8 Å². The average molecular weight is 539 g/mol. The summed E-state index contributed by atoms with van der Waals surface area (Å²) in [4.78, 5) is 47.6. The third-order valence-electron chi connectivity index (χ3n) is 7.74. The lowest BCUT2D eigenvalue weighted by atomic mass is 9.91. The minimum Gasteiger partial charge on any atom is -0.335 e. The number of amides is 3. The average Bonchev–Trinajstić information content (AvgIpc) is 3.35. The van der Waals surface area contributed by atoms with Crippen LogP contribution in [0.25, 0.3) is 10.9 Å². The van der Waals surface area contributed by atoms with E-state index in [0.29, 0.717) is 36.5 Å². The molecule has 0 saturated carbocycles. The fraction of sp³-hybridized carbons (Fsp3) is 0.323. The Morgan fingerprint density at radius 3 is 2.65 bits per heavy atom. The van der Waals surface area contributed by atoms with Gasteiger partial charge in [0.25, 0.3) is 0 Å². The fourth-order valence-corrected chi connectivity index (χ4v) is 5.33. The number of carbonyl (C=O) groups excluding carboxylic acids is 3. The largest absolute Gasteiger partial charge is 0.335 e. The quantitative estimate of drug-likeness (QED) is 0.317. The lowest BCUT2D eigenvalue weighted by molar-refractivity contribution is -0.136. The molecular formula is C31H34N6O3. The summed E-state index contributed by atoms with van der Waals surface area (Å²) in [5.41, 5.74) is 3.51. The number of pyridine rings is 1. The number of anilines is 2. The predicted molar refractivity (Wildman–Crippen MR) is 155 cm³/mol. The van der Waals surface area contributed by atoms with Crippen molar-refractivity contribution in [1.82, 2.24) is 20.1 Å². The molecule has 0 saturated heterocycles. The molecule has 0 bridgehead atoms. The number of hydrogen-bond acceptors (Lipinski definition) is 5. The van der Waals surface area contributed by atoms with Gasteiger partial charge in [0.15, 0.2) is 0 Å². The first kappa shape index (κ1) is 27.1. The maximum atomic E-state index is 14.0. The molecule has 0 radical (unpaired) electrons. The summed E-state index contributed by atoms with van der Waals surface area (Å²) >= 11 is 0. The molecule has 1 atom stereocenters. The molecule has 1 aliphatic heterocycles. The summed E-state index contributed by atoms with van der Waals surface area (Å²) in [5, 5.41) is 11.3. The SMILES string of the molecule is CCC(c1ccc2c(c1)N(C)C(=O)C(C)(C)C(=O)N2)N(CCc1cccnc1)C(=O)Cc1n[nH]c2ccccc12. The van der Waals surface area contributed by atoms with Crippen molar-refractivity contribution in [3.8, 4) is 0 Å². The molecule has 0 spiro atoms. The van der Waals surface area contributed by atoms with Crippen LogP contribution in [0.4, 0.5) is 11.4 Å². The van der Waals surface area contributed by atoms with Gasteiger partial charge in [0.2, 0.25) is 17.7 Å². The van der Waals surface area contributed by atoms with Crippen LogP contribution in [0.5, 0.6) is 0 Å². The van der Waals surface area contributed by atoms with Crippen LogP contribution in [-0.2, 0) is 27.2 Å². The zero-order valence-electron chi connectivity index (χ0n) is 23.3. The third kappa shape index (κ3) is 5.06. The van der Waals surface area contributed by atoms with Crippen molar-refractivity contribution < 1.29 is 14.4 Å². The first-order chi connectivity index (χ1) is 19.2. The highest BCUT2D eigenvalue weighted by atomic mass is 16.2. The zero-order valence-corrected chi connectivity index (χ0v) is 23.3. The van der Waals surface area contributed by atoms with E-state index in [2.05, 4.69) is 20.5 Å². The van der Waals surface area contributed by atoms with Gasteiger partial charge in [-0.1, -0.05) is 37.3 Å². The number of benzene rings is 2. The molecule has 9 nitrogen and oxygen atoms in total. The van der Waals surface area contributed by atoms with Gasteiger partial charge in [-0.3, -0.25) is 24.5 Å². The topological polar surface area (TPSA) is 111 Å². The number of H-pyrrole nitrogens is 1. The van der Waals surface area contributed by atoms with E-state index in [0.717, 1.165) is 22.0 Å². The normalized spacial score (nSPS) is 15.3. The van der Waals surface area contributed by atoms with Gasteiger partial charge >= 0.3 is 0 Å².